The van der Waals surface area contributed by atoms with Gasteiger partial charge in [0.05, 0.1) is 18.6 Å². The summed E-state index contributed by atoms with van der Waals surface area (Å²) in [7, 11) is 0. The summed E-state index contributed by atoms with van der Waals surface area (Å²) in [5, 5.41) is 25.1. The first-order chi connectivity index (χ1) is 13.0. The van der Waals surface area contributed by atoms with Crippen LogP contribution < -0.4 is 27.4 Å². The second-order valence-corrected chi connectivity index (χ2v) is 6.94. The van der Waals surface area contributed by atoms with Gasteiger partial charge in [-0.05, 0) is 25.4 Å². The number of aliphatic hydroxyl groups is 1. The molecule has 0 aliphatic carbocycles. The van der Waals surface area contributed by atoms with Gasteiger partial charge in [0.15, 0.2) is 0 Å². The van der Waals surface area contributed by atoms with Gasteiger partial charge in [-0.1, -0.05) is 0 Å². The molecule has 4 atom stereocenters. The highest BCUT2D eigenvalue weighted by Crippen LogP contribution is 2.04. The van der Waals surface area contributed by atoms with Crippen LogP contribution in [0.15, 0.2) is 0 Å². The average Bonchev–Trinajstić information content (AvgIpc) is 2.59. The van der Waals surface area contributed by atoms with E-state index in [9.17, 15) is 29.1 Å². The lowest BCUT2D eigenvalue weighted by Gasteiger charge is -2.25. The number of primary amides is 1. The summed E-state index contributed by atoms with van der Waals surface area (Å²) < 4.78 is 0. The normalized spacial score (nSPS) is 14.9. The molecule has 0 aliphatic heterocycles. The highest BCUT2D eigenvalue weighted by atomic mass is 32.2. The zero-order chi connectivity index (χ0) is 21.9. The zero-order valence-electron chi connectivity index (χ0n) is 15.6. The summed E-state index contributed by atoms with van der Waals surface area (Å²) in [5.74, 6) is -4.04. The molecule has 0 aromatic rings. The summed E-state index contributed by atoms with van der Waals surface area (Å²) in [5.41, 5.74) is 10.5. The Kier molecular flexibility index (Phi) is 11.8. The largest absolute Gasteiger partial charge is 0.480 e. The van der Waals surface area contributed by atoms with Crippen molar-refractivity contribution >= 4 is 41.4 Å². The lowest BCUT2D eigenvalue weighted by Crippen LogP contribution is -2.59. The number of carboxylic acids is 1. The Morgan fingerprint density at radius 3 is 2.14 bits per heavy atom. The van der Waals surface area contributed by atoms with Crippen LogP contribution in [-0.4, -0.2) is 82.6 Å². The van der Waals surface area contributed by atoms with Gasteiger partial charge in [-0.3, -0.25) is 24.0 Å². The molecule has 0 fully saturated rings. The van der Waals surface area contributed by atoms with Crippen molar-refractivity contribution < 1.29 is 34.2 Å². The Labute approximate surface area is 166 Å². The van der Waals surface area contributed by atoms with E-state index in [2.05, 4.69) is 16.0 Å². The van der Waals surface area contributed by atoms with Crippen LogP contribution in [0.1, 0.15) is 19.8 Å². The maximum absolute atomic E-state index is 12.5. The number of rotatable bonds is 13. The smallest absolute Gasteiger partial charge is 0.322 e. The molecule has 0 heterocycles. The first-order valence-electron chi connectivity index (χ1n) is 8.30. The second-order valence-electron chi connectivity index (χ2n) is 5.96. The number of amides is 4. The molecule has 0 spiro atoms. The Morgan fingerprint density at radius 2 is 1.68 bits per heavy atom. The molecule has 0 rings (SSSR count). The lowest BCUT2D eigenvalue weighted by molar-refractivity contribution is -0.139. The fourth-order valence-corrected chi connectivity index (χ4v) is 2.50. The molecule has 0 aliphatic rings. The van der Waals surface area contributed by atoms with Crippen molar-refractivity contribution in [3.05, 3.63) is 0 Å². The van der Waals surface area contributed by atoms with Crippen molar-refractivity contribution in [2.75, 3.05) is 18.6 Å². The van der Waals surface area contributed by atoms with Crippen LogP contribution in [0, 0.1) is 0 Å². The zero-order valence-corrected chi connectivity index (χ0v) is 16.5. The molecule has 0 bridgehead atoms. The minimum absolute atomic E-state index is 0.186. The predicted octanol–water partition coefficient (Wildman–Crippen LogP) is -3.51. The second kappa shape index (κ2) is 12.9. The molecule has 28 heavy (non-hydrogen) atoms. The number of carbonyl (C=O) groups excluding carboxylic acids is 4. The highest BCUT2D eigenvalue weighted by molar-refractivity contribution is 7.98. The summed E-state index contributed by atoms with van der Waals surface area (Å²) in [6.07, 6.45) is 0.238. The first-order valence-corrected chi connectivity index (χ1v) is 9.70. The number of hydrogen-bond acceptors (Lipinski definition) is 8. The third-order valence-corrected chi connectivity index (χ3v) is 4.12. The molecule has 0 aromatic carbocycles. The van der Waals surface area contributed by atoms with E-state index in [-0.39, 0.29) is 6.42 Å². The molecule has 0 radical (unpaired) electrons. The topological polar surface area (TPSA) is 214 Å². The SMILES string of the molecule is CSCCC(NC(=O)C(N)CC(N)=O)C(=O)NC(C(=O)NCC(=O)O)C(C)O. The molecule has 9 N–H and O–H groups in total. The molecule has 4 unspecified atom stereocenters. The van der Waals surface area contributed by atoms with Crippen LogP contribution in [0.4, 0.5) is 0 Å². The number of nitrogens with one attached hydrogen (secondary N) is 3. The maximum atomic E-state index is 12.5. The fraction of sp³-hybridized carbons (Fsp3) is 0.667. The van der Waals surface area contributed by atoms with E-state index in [1.54, 1.807) is 6.26 Å². The number of carbonyl (C=O) groups is 5. The molecule has 13 heteroatoms. The summed E-state index contributed by atoms with van der Waals surface area (Å²) in [6.45, 7) is 0.552. The van der Waals surface area contributed by atoms with Crippen LogP contribution >= 0.6 is 11.8 Å². The average molecular weight is 421 g/mol. The van der Waals surface area contributed by atoms with E-state index >= 15 is 0 Å². The number of hydrogen-bond donors (Lipinski definition) is 7. The van der Waals surface area contributed by atoms with E-state index < -0.39 is 66.8 Å². The van der Waals surface area contributed by atoms with E-state index in [1.807, 2.05) is 0 Å². The number of thioether (sulfide) groups is 1. The van der Waals surface area contributed by atoms with Crippen molar-refractivity contribution in [2.24, 2.45) is 11.5 Å². The van der Waals surface area contributed by atoms with Crippen molar-refractivity contribution in [2.45, 2.75) is 44.0 Å². The summed E-state index contributed by atoms with van der Waals surface area (Å²) in [6, 6.07) is -3.76. The van der Waals surface area contributed by atoms with Gasteiger partial charge in [-0.25, -0.2) is 0 Å². The van der Waals surface area contributed by atoms with Crippen molar-refractivity contribution in [3.8, 4) is 0 Å². The molecular formula is C15H27N5O7S. The Morgan fingerprint density at radius 1 is 1.07 bits per heavy atom. The van der Waals surface area contributed by atoms with Gasteiger partial charge in [-0.2, -0.15) is 11.8 Å². The van der Waals surface area contributed by atoms with Crippen molar-refractivity contribution in [1.29, 1.82) is 0 Å². The van der Waals surface area contributed by atoms with Gasteiger partial charge in [0, 0.05) is 0 Å². The number of aliphatic hydroxyl groups excluding tert-OH is 1. The number of aliphatic carboxylic acids is 1. The number of nitrogens with two attached hydrogens (primary N) is 2. The van der Waals surface area contributed by atoms with E-state index in [0.717, 1.165) is 0 Å². The quantitative estimate of drug-likeness (QED) is 0.157. The third-order valence-electron chi connectivity index (χ3n) is 3.48. The van der Waals surface area contributed by atoms with E-state index in [0.29, 0.717) is 5.75 Å². The van der Waals surface area contributed by atoms with E-state index in [1.165, 1.54) is 18.7 Å². The van der Waals surface area contributed by atoms with Crippen LogP contribution in [0.3, 0.4) is 0 Å². The van der Waals surface area contributed by atoms with Gasteiger partial charge in [0.1, 0.15) is 18.6 Å². The van der Waals surface area contributed by atoms with Crippen LogP contribution in [-0.2, 0) is 24.0 Å². The molecular weight excluding hydrogens is 394 g/mol. The standard InChI is InChI=1S/C15H27N5O7S/c1-7(21)12(15(27)18-6-11(23)24)20-14(26)9(3-4-28-2)19-13(25)8(16)5-10(17)22/h7-9,12,21H,3-6,16H2,1-2H3,(H2,17,22)(H,18,27)(H,19,25)(H,20,26)(H,23,24). The minimum atomic E-state index is -1.43. The molecule has 160 valence electrons. The molecule has 4 amide bonds. The Hall–Kier alpha value is -2.38. The van der Waals surface area contributed by atoms with Crippen molar-refractivity contribution in [3.63, 3.8) is 0 Å². The molecule has 0 aromatic heterocycles. The third kappa shape index (κ3) is 10.1. The van der Waals surface area contributed by atoms with Gasteiger partial charge >= 0.3 is 5.97 Å². The maximum Gasteiger partial charge on any atom is 0.322 e. The van der Waals surface area contributed by atoms with Gasteiger partial charge in [0.2, 0.25) is 23.6 Å². The highest BCUT2D eigenvalue weighted by Gasteiger charge is 2.30. The lowest BCUT2D eigenvalue weighted by atomic mass is 10.1. The molecule has 0 saturated carbocycles. The number of carboxylic acid groups (broad SMARTS) is 1. The fourth-order valence-electron chi connectivity index (χ4n) is 2.02. The predicted molar refractivity (Wildman–Crippen MR) is 101 cm³/mol. The van der Waals surface area contributed by atoms with Gasteiger partial charge in [0.25, 0.3) is 0 Å². The Balaban J connectivity index is 5.13. The van der Waals surface area contributed by atoms with Gasteiger partial charge in [-0.15, -0.1) is 0 Å². The van der Waals surface area contributed by atoms with E-state index in [4.69, 9.17) is 16.6 Å². The first kappa shape index (κ1) is 25.6. The summed E-state index contributed by atoms with van der Waals surface area (Å²) >= 11 is 1.41. The van der Waals surface area contributed by atoms with Crippen LogP contribution in [0.5, 0.6) is 0 Å². The molecule has 0 saturated heterocycles. The summed E-state index contributed by atoms with van der Waals surface area (Å²) in [4.78, 5) is 58.0. The van der Waals surface area contributed by atoms with Crippen LogP contribution in [0.2, 0.25) is 0 Å². The van der Waals surface area contributed by atoms with Gasteiger partial charge < -0.3 is 37.6 Å². The molecule has 12 nitrogen and oxygen atoms in total. The minimum Gasteiger partial charge on any atom is -0.480 e. The van der Waals surface area contributed by atoms with Crippen molar-refractivity contribution in [1.82, 2.24) is 16.0 Å². The van der Waals surface area contributed by atoms with Crippen LogP contribution in [0.25, 0.3) is 0 Å². The Bertz CT molecular complexity index is 587. The monoisotopic (exact) mass is 421 g/mol.